The summed E-state index contributed by atoms with van der Waals surface area (Å²) in [5.41, 5.74) is 0. The van der Waals surface area contributed by atoms with Gasteiger partial charge in [0.1, 0.15) is 0 Å². The minimum absolute atomic E-state index is 0.107. The highest BCUT2D eigenvalue weighted by atomic mass is 32.2. The Morgan fingerprint density at radius 1 is 1.32 bits per heavy atom. The quantitative estimate of drug-likeness (QED) is 0.373. The summed E-state index contributed by atoms with van der Waals surface area (Å²) in [6, 6.07) is 0. The Kier molecular flexibility index (Phi) is 6.22. The zero-order valence-corrected chi connectivity index (χ0v) is 15.2. The third-order valence-electron chi connectivity index (χ3n) is 3.56. The van der Waals surface area contributed by atoms with Crippen molar-refractivity contribution in [2.75, 3.05) is 45.2 Å². The van der Waals surface area contributed by atoms with Crippen LogP contribution >= 0.6 is 0 Å². The average Bonchev–Trinajstić information content (AvgIpc) is 2.36. The van der Waals surface area contributed by atoms with E-state index in [1.54, 1.807) is 20.9 Å². The molecule has 0 unspecified atom stereocenters. The number of nitrogens with zero attached hydrogens (tertiary/aromatic N) is 2. The van der Waals surface area contributed by atoms with Gasteiger partial charge >= 0.3 is 0 Å². The maximum Gasteiger partial charge on any atom is 0.208 e. The summed E-state index contributed by atoms with van der Waals surface area (Å²) in [5.74, 6) is 0.749. The van der Waals surface area contributed by atoms with Gasteiger partial charge in [0.05, 0.1) is 16.8 Å². The fourth-order valence-electron chi connectivity index (χ4n) is 2.20. The first-order valence-corrected chi connectivity index (χ1v) is 10.7. The average molecular weight is 354 g/mol. The molecule has 1 rings (SSSR count). The fourth-order valence-corrected chi connectivity index (χ4v) is 4.08. The van der Waals surface area contributed by atoms with Crippen LogP contribution in [0.1, 0.15) is 20.3 Å². The topological polar surface area (TPSA) is 108 Å². The van der Waals surface area contributed by atoms with Crippen molar-refractivity contribution in [3.05, 3.63) is 0 Å². The predicted molar refractivity (Wildman–Crippen MR) is 88.3 cm³/mol. The lowest BCUT2D eigenvalue weighted by Gasteiger charge is -2.39. The highest BCUT2D eigenvalue weighted by molar-refractivity contribution is 7.92. The molecular weight excluding hydrogens is 328 g/mol. The Morgan fingerprint density at radius 2 is 1.95 bits per heavy atom. The summed E-state index contributed by atoms with van der Waals surface area (Å²) in [6.07, 6.45) is 1.73. The zero-order chi connectivity index (χ0) is 17.0. The van der Waals surface area contributed by atoms with Gasteiger partial charge in [0.15, 0.2) is 15.8 Å². The number of sulfonamides is 1. The second kappa shape index (κ2) is 7.14. The van der Waals surface area contributed by atoms with E-state index in [0.29, 0.717) is 38.6 Å². The van der Waals surface area contributed by atoms with Gasteiger partial charge in [-0.25, -0.2) is 21.6 Å². The van der Waals surface area contributed by atoms with Crippen molar-refractivity contribution >= 4 is 25.8 Å². The fraction of sp³-hybridized carbons (Fsp3) is 0.917. The van der Waals surface area contributed by atoms with E-state index in [2.05, 4.69) is 15.0 Å². The molecule has 1 heterocycles. The highest BCUT2D eigenvalue weighted by Crippen LogP contribution is 2.23. The number of aliphatic imine (C=N–C) groups is 1. The summed E-state index contributed by atoms with van der Waals surface area (Å²) in [5, 5.41) is 3.14. The summed E-state index contributed by atoms with van der Waals surface area (Å²) < 4.78 is 47.5. The number of sulfone groups is 1. The van der Waals surface area contributed by atoms with Crippen molar-refractivity contribution in [1.82, 2.24) is 14.9 Å². The molecule has 0 atom stereocenters. The van der Waals surface area contributed by atoms with Gasteiger partial charge in [0.2, 0.25) is 10.0 Å². The van der Waals surface area contributed by atoms with Gasteiger partial charge in [-0.15, -0.1) is 0 Å². The minimum atomic E-state index is -3.16. The zero-order valence-electron chi connectivity index (χ0n) is 13.6. The molecule has 0 amide bonds. The first kappa shape index (κ1) is 19.2. The van der Waals surface area contributed by atoms with Crippen LogP contribution in [0.4, 0.5) is 0 Å². The van der Waals surface area contributed by atoms with E-state index in [-0.39, 0.29) is 5.75 Å². The van der Waals surface area contributed by atoms with Crippen LogP contribution < -0.4 is 10.0 Å². The van der Waals surface area contributed by atoms with Gasteiger partial charge in [-0.2, -0.15) is 0 Å². The summed E-state index contributed by atoms with van der Waals surface area (Å²) in [6.45, 7) is 5.14. The molecule has 0 bridgehead atoms. The molecule has 1 aliphatic heterocycles. The van der Waals surface area contributed by atoms with Crippen molar-refractivity contribution in [3.8, 4) is 0 Å². The number of guanidine groups is 1. The van der Waals surface area contributed by atoms with Crippen LogP contribution in [0, 0.1) is 0 Å². The van der Waals surface area contributed by atoms with Gasteiger partial charge < -0.3 is 10.2 Å². The predicted octanol–water partition coefficient (Wildman–Crippen LogP) is -0.990. The molecule has 0 spiro atoms. The molecule has 0 aromatic heterocycles. The van der Waals surface area contributed by atoms with Gasteiger partial charge in [-0.3, -0.25) is 4.99 Å². The van der Waals surface area contributed by atoms with E-state index in [0.717, 1.165) is 6.26 Å². The monoisotopic (exact) mass is 354 g/mol. The van der Waals surface area contributed by atoms with Crippen molar-refractivity contribution in [3.63, 3.8) is 0 Å². The van der Waals surface area contributed by atoms with Crippen LogP contribution in [0.15, 0.2) is 4.99 Å². The SMILES string of the molecule is CN=C(NCCCNS(C)(=O)=O)N1CCS(=O)(=O)C(C)(C)C1. The van der Waals surface area contributed by atoms with Crippen molar-refractivity contribution in [2.24, 2.45) is 4.99 Å². The number of nitrogens with one attached hydrogen (secondary N) is 2. The van der Waals surface area contributed by atoms with E-state index >= 15 is 0 Å². The molecule has 0 aromatic carbocycles. The molecule has 8 nitrogen and oxygen atoms in total. The lowest BCUT2D eigenvalue weighted by Crippen LogP contribution is -2.57. The molecule has 22 heavy (non-hydrogen) atoms. The van der Waals surface area contributed by atoms with Crippen LogP contribution in [0.5, 0.6) is 0 Å². The number of rotatable bonds is 5. The van der Waals surface area contributed by atoms with Crippen LogP contribution in [-0.2, 0) is 19.9 Å². The van der Waals surface area contributed by atoms with E-state index < -0.39 is 24.6 Å². The Hall–Kier alpha value is -0.870. The molecular formula is C12H26N4O4S2. The smallest absolute Gasteiger partial charge is 0.208 e. The first-order valence-electron chi connectivity index (χ1n) is 7.11. The molecule has 1 aliphatic rings. The molecule has 2 N–H and O–H groups in total. The lowest BCUT2D eigenvalue weighted by molar-refractivity contribution is 0.353. The summed E-state index contributed by atoms with van der Waals surface area (Å²) in [4.78, 5) is 6.09. The van der Waals surface area contributed by atoms with Crippen molar-refractivity contribution < 1.29 is 16.8 Å². The van der Waals surface area contributed by atoms with Crippen LogP contribution in [-0.4, -0.2) is 77.7 Å². The third-order valence-corrected chi connectivity index (χ3v) is 6.82. The van der Waals surface area contributed by atoms with Crippen LogP contribution in [0.2, 0.25) is 0 Å². The molecule has 0 aliphatic carbocycles. The lowest BCUT2D eigenvalue weighted by atomic mass is 10.2. The molecule has 10 heteroatoms. The van der Waals surface area contributed by atoms with Gasteiger partial charge in [-0.1, -0.05) is 0 Å². The van der Waals surface area contributed by atoms with E-state index in [1.165, 1.54) is 0 Å². The number of hydrogen-bond donors (Lipinski definition) is 2. The number of hydrogen-bond acceptors (Lipinski definition) is 5. The maximum atomic E-state index is 12.0. The normalized spacial score (nSPS) is 21.6. The molecule has 130 valence electrons. The standard InChI is InChI=1S/C12H26N4O4S2/c1-12(2)10-16(8-9-22(12,19)20)11(13-3)14-6-5-7-15-21(4,17)18/h15H,5-10H2,1-4H3,(H,13,14). The molecule has 1 fully saturated rings. The molecule has 0 saturated carbocycles. The van der Waals surface area contributed by atoms with Crippen molar-refractivity contribution in [2.45, 2.75) is 25.0 Å². The van der Waals surface area contributed by atoms with Gasteiger partial charge in [-0.05, 0) is 20.3 Å². The second-order valence-electron chi connectivity index (χ2n) is 5.99. The van der Waals surface area contributed by atoms with E-state index in [9.17, 15) is 16.8 Å². The van der Waals surface area contributed by atoms with Crippen molar-refractivity contribution in [1.29, 1.82) is 0 Å². The van der Waals surface area contributed by atoms with E-state index in [4.69, 9.17) is 0 Å². The van der Waals surface area contributed by atoms with Crippen LogP contribution in [0.3, 0.4) is 0 Å². The molecule has 0 aromatic rings. The van der Waals surface area contributed by atoms with E-state index in [1.807, 2.05) is 4.90 Å². The summed E-state index contributed by atoms with van der Waals surface area (Å²) in [7, 11) is -4.60. The first-order chi connectivity index (χ1) is 9.98. The van der Waals surface area contributed by atoms with Gasteiger partial charge in [0, 0.05) is 33.2 Å². The molecule has 0 radical (unpaired) electrons. The Morgan fingerprint density at radius 3 is 2.45 bits per heavy atom. The Bertz CT molecular complexity index is 611. The highest BCUT2D eigenvalue weighted by Gasteiger charge is 2.40. The Balaban J connectivity index is 2.50. The molecule has 1 saturated heterocycles. The van der Waals surface area contributed by atoms with Gasteiger partial charge in [0.25, 0.3) is 0 Å². The largest absolute Gasteiger partial charge is 0.356 e. The minimum Gasteiger partial charge on any atom is -0.356 e. The summed E-state index contributed by atoms with van der Waals surface area (Å²) >= 11 is 0. The Labute approximate surface area is 133 Å². The third kappa shape index (κ3) is 5.40. The van der Waals surface area contributed by atoms with Crippen LogP contribution in [0.25, 0.3) is 0 Å². The maximum absolute atomic E-state index is 12.0. The second-order valence-corrected chi connectivity index (χ2v) is 10.6.